The molecule has 1 saturated heterocycles. The van der Waals surface area contributed by atoms with Gasteiger partial charge in [-0.3, -0.25) is 4.79 Å². The summed E-state index contributed by atoms with van der Waals surface area (Å²) in [6, 6.07) is 4.25. The molecule has 5 nitrogen and oxygen atoms in total. The van der Waals surface area contributed by atoms with E-state index in [9.17, 15) is 4.79 Å². The number of carbonyl (C=O) groups excluding carboxylic acids is 1. The highest BCUT2D eigenvalue weighted by atomic mass is 35.5. The molecule has 1 amide bonds. The number of thiazole rings is 1. The molecule has 1 aliphatic heterocycles. The van der Waals surface area contributed by atoms with Crippen molar-refractivity contribution in [1.29, 1.82) is 0 Å². The molecule has 0 saturated carbocycles. The molecule has 0 bridgehead atoms. The van der Waals surface area contributed by atoms with Gasteiger partial charge < -0.3 is 14.6 Å². The molecule has 134 valence electrons. The van der Waals surface area contributed by atoms with Crippen molar-refractivity contribution in [3.8, 4) is 10.8 Å². The first kappa shape index (κ1) is 21.0. The summed E-state index contributed by atoms with van der Waals surface area (Å²) >= 11 is 1.52. The van der Waals surface area contributed by atoms with Crippen molar-refractivity contribution in [2.24, 2.45) is 0 Å². The van der Waals surface area contributed by atoms with Gasteiger partial charge in [0.1, 0.15) is 5.76 Å². The zero-order chi connectivity index (χ0) is 15.5. The number of rotatable bonds is 4. The molecule has 1 N–H and O–H groups in total. The van der Waals surface area contributed by atoms with Crippen LogP contribution in [0.4, 0.5) is 0 Å². The molecule has 24 heavy (non-hydrogen) atoms. The molecule has 8 heteroatoms. The van der Waals surface area contributed by atoms with E-state index in [2.05, 4.69) is 10.3 Å². The smallest absolute Gasteiger partial charge is 0.228 e. The lowest BCUT2D eigenvalue weighted by Crippen LogP contribution is -2.47. The van der Waals surface area contributed by atoms with Gasteiger partial charge in [0.2, 0.25) is 5.91 Å². The van der Waals surface area contributed by atoms with Crippen molar-refractivity contribution in [3.63, 3.8) is 0 Å². The van der Waals surface area contributed by atoms with E-state index in [-0.39, 0.29) is 30.7 Å². The van der Waals surface area contributed by atoms with Crippen LogP contribution in [0.1, 0.15) is 24.3 Å². The highest BCUT2D eigenvalue weighted by molar-refractivity contribution is 7.13. The zero-order valence-electron chi connectivity index (χ0n) is 13.8. The molecule has 2 aromatic heterocycles. The number of aromatic nitrogens is 1. The fraction of sp³-hybridized carbons (Fsp3) is 0.500. The minimum absolute atomic E-state index is 0. The van der Waals surface area contributed by atoms with Crippen molar-refractivity contribution in [1.82, 2.24) is 15.2 Å². The maximum Gasteiger partial charge on any atom is 0.228 e. The monoisotopic (exact) mass is 391 g/mol. The number of halogens is 2. The van der Waals surface area contributed by atoms with Crippen LogP contribution < -0.4 is 5.32 Å². The molecule has 3 rings (SSSR count). The summed E-state index contributed by atoms with van der Waals surface area (Å²) in [5.41, 5.74) is 0.825. The van der Waals surface area contributed by atoms with Crippen LogP contribution in [-0.4, -0.2) is 42.0 Å². The first-order valence-electron chi connectivity index (χ1n) is 7.62. The number of nitrogens with zero attached hydrogens (tertiary/aromatic N) is 2. The number of piperidine rings is 1. The lowest BCUT2D eigenvalue weighted by molar-refractivity contribution is -0.131. The molecule has 1 unspecified atom stereocenters. The Morgan fingerprint density at radius 1 is 1.46 bits per heavy atom. The summed E-state index contributed by atoms with van der Waals surface area (Å²) in [6.45, 7) is 3.56. The van der Waals surface area contributed by atoms with Crippen molar-refractivity contribution in [2.45, 2.75) is 32.2 Å². The number of aryl methyl sites for hydroxylation is 1. The summed E-state index contributed by atoms with van der Waals surface area (Å²) in [6.07, 6.45) is 2.57. The van der Waals surface area contributed by atoms with Crippen LogP contribution in [0.2, 0.25) is 0 Å². The summed E-state index contributed by atoms with van der Waals surface area (Å²) in [7, 11) is 1.96. The highest BCUT2D eigenvalue weighted by Crippen LogP contribution is 2.26. The van der Waals surface area contributed by atoms with E-state index in [1.807, 2.05) is 36.4 Å². The lowest BCUT2D eigenvalue weighted by atomic mass is 10.1. The van der Waals surface area contributed by atoms with Crippen LogP contribution in [0, 0.1) is 6.92 Å². The van der Waals surface area contributed by atoms with E-state index < -0.39 is 0 Å². The lowest BCUT2D eigenvalue weighted by Gasteiger charge is -2.32. The first-order valence-corrected chi connectivity index (χ1v) is 8.50. The molecule has 1 fully saturated rings. The number of nitrogens with one attached hydrogen (secondary N) is 1. The van der Waals surface area contributed by atoms with E-state index in [1.54, 1.807) is 0 Å². The third kappa shape index (κ3) is 4.96. The van der Waals surface area contributed by atoms with Crippen molar-refractivity contribution in [2.75, 3.05) is 20.1 Å². The minimum atomic E-state index is 0. The van der Waals surface area contributed by atoms with Gasteiger partial charge in [0.25, 0.3) is 0 Å². The Hall–Kier alpha value is -1.08. The average molecular weight is 392 g/mol. The summed E-state index contributed by atoms with van der Waals surface area (Å²) < 4.78 is 5.58. The standard InChI is InChI=1S/C16H21N3O2S.2ClH/c1-11-5-6-14(21-11)16-18-13(10-22-16)8-15(20)19-7-3-4-12(9-19)17-2;;/h5-6,10,12,17H,3-4,7-9H2,1-2H3;2*1H. The SMILES string of the molecule is CNC1CCCN(C(=O)Cc2csc(-c3ccc(C)o3)n2)C1.Cl.Cl. The quantitative estimate of drug-likeness (QED) is 0.868. The molecule has 3 heterocycles. The third-order valence-corrected chi connectivity index (χ3v) is 4.92. The van der Waals surface area contributed by atoms with Gasteiger partial charge >= 0.3 is 0 Å². The molecule has 0 radical (unpaired) electrons. The first-order chi connectivity index (χ1) is 10.7. The second-order valence-corrected chi connectivity index (χ2v) is 6.56. The number of amides is 1. The summed E-state index contributed by atoms with van der Waals surface area (Å²) in [5, 5.41) is 6.05. The van der Waals surface area contributed by atoms with Crippen LogP contribution in [0.25, 0.3) is 10.8 Å². The molecular formula is C16H23Cl2N3O2S. The molecule has 0 aromatic carbocycles. The fourth-order valence-electron chi connectivity index (χ4n) is 2.76. The number of carbonyl (C=O) groups is 1. The van der Waals surface area contributed by atoms with E-state index >= 15 is 0 Å². The van der Waals surface area contributed by atoms with E-state index in [0.29, 0.717) is 12.5 Å². The second-order valence-electron chi connectivity index (χ2n) is 5.70. The molecule has 2 aromatic rings. The maximum absolute atomic E-state index is 12.4. The maximum atomic E-state index is 12.4. The predicted molar refractivity (Wildman–Crippen MR) is 101 cm³/mol. The van der Waals surface area contributed by atoms with Crippen molar-refractivity contribution < 1.29 is 9.21 Å². The number of hydrogen-bond donors (Lipinski definition) is 1. The Bertz CT molecular complexity index is 659. The molecule has 1 aliphatic rings. The van der Waals surface area contributed by atoms with Gasteiger partial charge in [0, 0.05) is 24.5 Å². The number of likely N-dealkylation sites (tertiary alicyclic amines) is 1. The van der Waals surface area contributed by atoms with Gasteiger partial charge in [-0.25, -0.2) is 4.98 Å². The largest absolute Gasteiger partial charge is 0.459 e. The Labute approximate surface area is 158 Å². The number of hydrogen-bond acceptors (Lipinski definition) is 5. The van der Waals surface area contributed by atoms with Crippen molar-refractivity contribution in [3.05, 3.63) is 29.0 Å². The average Bonchev–Trinajstić information content (AvgIpc) is 3.16. The van der Waals surface area contributed by atoms with Crippen LogP contribution in [0.15, 0.2) is 21.9 Å². The van der Waals surface area contributed by atoms with Gasteiger partial charge in [-0.1, -0.05) is 0 Å². The number of furan rings is 1. The fourth-order valence-corrected chi connectivity index (χ4v) is 3.54. The van der Waals surface area contributed by atoms with E-state index in [0.717, 1.165) is 48.2 Å². The second kappa shape index (κ2) is 9.42. The topological polar surface area (TPSA) is 58.4 Å². The number of likely N-dealkylation sites (N-methyl/N-ethyl adjacent to an activating group) is 1. The normalized spacial score (nSPS) is 17.1. The third-order valence-electron chi connectivity index (χ3n) is 4.02. The Morgan fingerprint density at radius 2 is 2.25 bits per heavy atom. The van der Waals surface area contributed by atoms with Gasteiger partial charge in [-0.2, -0.15) is 0 Å². The van der Waals surface area contributed by atoms with Gasteiger partial charge in [-0.05, 0) is 38.9 Å². The van der Waals surface area contributed by atoms with Crippen LogP contribution >= 0.6 is 36.2 Å². The van der Waals surface area contributed by atoms with E-state index in [4.69, 9.17) is 4.42 Å². The van der Waals surface area contributed by atoms with Crippen LogP contribution in [0.5, 0.6) is 0 Å². The van der Waals surface area contributed by atoms with Crippen LogP contribution in [0.3, 0.4) is 0 Å². The molecule has 1 atom stereocenters. The van der Waals surface area contributed by atoms with Gasteiger partial charge in [-0.15, -0.1) is 36.2 Å². The molecule has 0 aliphatic carbocycles. The van der Waals surface area contributed by atoms with E-state index in [1.165, 1.54) is 11.3 Å². The van der Waals surface area contributed by atoms with Gasteiger partial charge in [0.05, 0.1) is 12.1 Å². The predicted octanol–water partition coefficient (Wildman–Crippen LogP) is 3.31. The van der Waals surface area contributed by atoms with Crippen molar-refractivity contribution >= 4 is 42.1 Å². The summed E-state index contributed by atoms with van der Waals surface area (Å²) in [4.78, 5) is 18.9. The Morgan fingerprint density at radius 3 is 2.92 bits per heavy atom. The highest BCUT2D eigenvalue weighted by Gasteiger charge is 2.23. The van der Waals surface area contributed by atoms with Gasteiger partial charge in [0.15, 0.2) is 10.8 Å². The molecular weight excluding hydrogens is 369 g/mol. The molecule has 0 spiro atoms. The minimum Gasteiger partial charge on any atom is -0.459 e. The zero-order valence-corrected chi connectivity index (χ0v) is 16.2. The Kier molecular flexibility index (Phi) is 8.22. The van der Waals surface area contributed by atoms with Crippen LogP contribution in [-0.2, 0) is 11.2 Å². The Balaban J connectivity index is 0.00000144. The summed E-state index contributed by atoms with van der Waals surface area (Å²) in [5.74, 6) is 1.80.